The number of hydrogen-bond acceptors (Lipinski definition) is 5. The molecule has 1 aromatic heterocycles. The molecular weight excluding hydrogens is 504 g/mol. The number of hydrogen-bond donors (Lipinski definition) is 2. The van der Waals surface area contributed by atoms with E-state index in [1.165, 1.54) is 17.8 Å². The van der Waals surface area contributed by atoms with E-state index in [4.69, 9.17) is 16.6 Å². The molecule has 6 nitrogen and oxygen atoms in total. The Morgan fingerprint density at radius 1 is 1.05 bits per heavy atom. The van der Waals surface area contributed by atoms with Crippen LogP contribution in [-0.4, -0.2) is 47.4 Å². The standard InChI is InChI=1S/C29H35ClN4O2S/c1-18(31-2)27(35)32-24(20-11-4-3-5-12-20)29(36)34-17-9-16-23(34)28-33-25(26(30)37-28)22-15-8-13-19-10-6-7-14-21(19)22/h6-8,10,13-15,18,20,23-24,31H,3-5,9,11-12,16-17H2,1-2H3,(H,32,35)/t18-,23-,24-/m0/s1. The van der Waals surface area contributed by atoms with Crippen LogP contribution < -0.4 is 10.6 Å². The molecular formula is C29H35ClN4O2S. The van der Waals surface area contributed by atoms with Crippen molar-refractivity contribution in [2.75, 3.05) is 13.6 Å². The zero-order valence-corrected chi connectivity index (χ0v) is 23.1. The lowest BCUT2D eigenvalue weighted by atomic mass is 9.83. The van der Waals surface area contributed by atoms with Crippen molar-refractivity contribution in [2.24, 2.45) is 5.92 Å². The Balaban J connectivity index is 1.43. The molecule has 37 heavy (non-hydrogen) atoms. The predicted molar refractivity (Wildman–Crippen MR) is 151 cm³/mol. The maximum absolute atomic E-state index is 14.0. The molecule has 2 aromatic carbocycles. The summed E-state index contributed by atoms with van der Waals surface area (Å²) < 4.78 is 0.644. The average Bonchev–Trinajstić information content (AvgIpc) is 3.57. The quantitative estimate of drug-likeness (QED) is 0.389. The molecule has 1 aliphatic heterocycles. The van der Waals surface area contributed by atoms with Gasteiger partial charge in [-0.3, -0.25) is 9.59 Å². The number of nitrogens with zero attached hydrogens (tertiary/aromatic N) is 2. The van der Waals surface area contributed by atoms with Crippen LogP contribution in [0.3, 0.4) is 0 Å². The van der Waals surface area contributed by atoms with Crippen molar-refractivity contribution in [2.45, 2.75) is 70.0 Å². The van der Waals surface area contributed by atoms with E-state index in [0.29, 0.717) is 10.9 Å². The van der Waals surface area contributed by atoms with Crippen LogP contribution in [0, 0.1) is 5.92 Å². The number of carbonyl (C=O) groups is 2. The van der Waals surface area contributed by atoms with Gasteiger partial charge in [-0.1, -0.05) is 73.3 Å². The predicted octanol–water partition coefficient (Wildman–Crippen LogP) is 5.95. The number of halogens is 1. The Labute approximate surface area is 227 Å². The van der Waals surface area contributed by atoms with E-state index >= 15 is 0 Å². The highest BCUT2D eigenvalue weighted by molar-refractivity contribution is 7.16. The van der Waals surface area contributed by atoms with Crippen LogP contribution in [0.15, 0.2) is 42.5 Å². The first-order valence-electron chi connectivity index (χ1n) is 13.4. The molecule has 2 aliphatic rings. The summed E-state index contributed by atoms with van der Waals surface area (Å²) in [6.45, 7) is 2.49. The normalized spacial score (nSPS) is 20.2. The van der Waals surface area contributed by atoms with Gasteiger partial charge in [0.15, 0.2) is 0 Å². The molecule has 2 heterocycles. The largest absolute Gasteiger partial charge is 0.343 e. The van der Waals surface area contributed by atoms with E-state index in [1.54, 1.807) is 7.05 Å². The summed E-state index contributed by atoms with van der Waals surface area (Å²) in [7, 11) is 1.76. The number of aromatic nitrogens is 1. The minimum absolute atomic E-state index is 0.0177. The lowest BCUT2D eigenvalue weighted by Gasteiger charge is -2.35. The third-order valence-electron chi connectivity index (χ3n) is 7.98. The summed E-state index contributed by atoms with van der Waals surface area (Å²) in [6.07, 6.45) is 7.10. The number of fused-ring (bicyclic) bond motifs is 1. The summed E-state index contributed by atoms with van der Waals surface area (Å²) in [4.78, 5) is 33.8. The van der Waals surface area contributed by atoms with E-state index in [2.05, 4.69) is 34.9 Å². The van der Waals surface area contributed by atoms with Crippen molar-refractivity contribution in [1.29, 1.82) is 0 Å². The van der Waals surface area contributed by atoms with Gasteiger partial charge in [0, 0.05) is 12.1 Å². The third-order valence-corrected chi connectivity index (χ3v) is 9.33. The third kappa shape index (κ3) is 5.40. The summed E-state index contributed by atoms with van der Waals surface area (Å²) in [6, 6.07) is 13.4. The first kappa shape index (κ1) is 26.1. The number of carbonyl (C=O) groups excluding carboxylic acids is 2. The van der Waals surface area contributed by atoms with Crippen LogP contribution in [0.2, 0.25) is 4.34 Å². The molecule has 1 aliphatic carbocycles. The molecule has 1 saturated heterocycles. The fraction of sp³-hybridized carbons (Fsp3) is 0.483. The van der Waals surface area contributed by atoms with Crippen molar-refractivity contribution in [3.05, 3.63) is 51.8 Å². The molecule has 2 N–H and O–H groups in total. The molecule has 3 aromatic rings. The summed E-state index contributed by atoms with van der Waals surface area (Å²) in [5.74, 6) is 0.0587. The zero-order valence-electron chi connectivity index (χ0n) is 21.5. The van der Waals surface area contributed by atoms with Crippen LogP contribution >= 0.6 is 22.9 Å². The lowest BCUT2D eigenvalue weighted by molar-refractivity contribution is -0.139. The fourth-order valence-corrected chi connectivity index (χ4v) is 7.12. The Morgan fingerprint density at radius 2 is 1.81 bits per heavy atom. The van der Waals surface area contributed by atoms with Crippen molar-refractivity contribution < 1.29 is 9.59 Å². The molecule has 8 heteroatoms. The van der Waals surface area contributed by atoms with Crippen molar-refractivity contribution in [1.82, 2.24) is 20.5 Å². The molecule has 1 saturated carbocycles. The fourth-order valence-electron chi connectivity index (χ4n) is 5.78. The Hall–Kier alpha value is -2.48. The topological polar surface area (TPSA) is 74.3 Å². The van der Waals surface area contributed by atoms with Crippen LogP contribution in [0.1, 0.15) is 62.9 Å². The van der Waals surface area contributed by atoms with E-state index < -0.39 is 6.04 Å². The number of benzene rings is 2. The number of likely N-dealkylation sites (N-methyl/N-ethyl adjacent to an activating group) is 1. The van der Waals surface area contributed by atoms with Crippen molar-refractivity contribution >= 4 is 45.5 Å². The number of nitrogens with one attached hydrogen (secondary N) is 2. The number of rotatable bonds is 7. The van der Waals surface area contributed by atoms with Gasteiger partial charge in [-0.05, 0) is 56.3 Å². The highest BCUT2D eigenvalue weighted by Crippen LogP contribution is 2.42. The SMILES string of the molecule is CN[C@@H](C)C(=O)N[C@H](C(=O)N1CCC[C@H]1c1nc(-c2cccc3ccccc23)c(Cl)s1)C1CCCCC1. The highest BCUT2D eigenvalue weighted by Gasteiger charge is 2.40. The molecule has 2 amide bonds. The van der Waals surface area contributed by atoms with Gasteiger partial charge in [0.2, 0.25) is 11.8 Å². The van der Waals surface area contributed by atoms with E-state index in [0.717, 1.165) is 65.6 Å². The molecule has 196 valence electrons. The van der Waals surface area contributed by atoms with Gasteiger partial charge in [0.05, 0.1) is 12.1 Å². The zero-order chi connectivity index (χ0) is 25.9. The molecule has 5 rings (SSSR count). The number of amides is 2. The average molecular weight is 539 g/mol. The highest BCUT2D eigenvalue weighted by atomic mass is 35.5. The van der Waals surface area contributed by atoms with E-state index in [9.17, 15) is 9.59 Å². The Bertz CT molecular complexity index is 1270. The smallest absolute Gasteiger partial charge is 0.246 e. The Kier molecular flexibility index (Phi) is 8.12. The summed E-state index contributed by atoms with van der Waals surface area (Å²) in [5, 5.41) is 9.23. The van der Waals surface area contributed by atoms with Gasteiger partial charge in [-0.25, -0.2) is 4.98 Å². The van der Waals surface area contributed by atoms with Gasteiger partial charge in [0.1, 0.15) is 21.1 Å². The van der Waals surface area contributed by atoms with Crippen LogP contribution in [0.4, 0.5) is 0 Å². The maximum atomic E-state index is 14.0. The van der Waals surface area contributed by atoms with Gasteiger partial charge >= 0.3 is 0 Å². The second-order valence-corrected chi connectivity index (χ2v) is 11.9. The summed E-state index contributed by atoms with van der Waals surface area (Å²) >= 11 is 8.25. The second kappa shape index (κ2) is 11.5. The van der Waals surface area contributed by atoms with Crippen molar-refractivity contribution in [3.8, 4) is 11.3 Å². The van der Waals surface area contributed by atoms with Crippen molar-refractivity contribution in [3.63, 3.8) is 0 Å². The van der Waals surface area contributed by atoms with E-state index in [-0.39, 0.29) is 29.8 Å². The van der Waals surface area contributed by atoms with E-state index in [1.807, 2.05) is 30.0 Å². The molecule has 0 bridgehead atoms. The number of likely N-dealkylation sites (tertiary alicyclic amines) is 1. The molecule has 3 atom stereocenters. The van der Waals surface area contributed by atoms with Crippen LogP contribution in [0.25, 0.3) is 22.0 Å². The number of thiazole rings is 1. The second-order valence-electron chi connectivity index (χ2n) is 10.3. The molecule has 2 fully saturated rings. The first-order valence-corrected chi connectivity index (χ1v) is 14.6. The Morgan fingerprint density at radius 3 is 2.59 bits per heavy atom. The van der Waals surface area contributed by atoms with Gasteiger partial charge in [0.25, 0.3) is 0 Å². The van der Waals surface area contributed by atoms with Gasteiger partial charge < -0.3 is 15.5 Å². The monoisotopic (exact) mass is 538 g/mol. The van der Waals surface area contributed by atoms with Gasteiger partial charge in [-0.2, -0.15) is 0 Å². The van der Waals surface area contributed by atoms with Crippen LogP contribution in [0.5, 0.6) is 0 Å². The minimum atomic E-state index is -0.503. The molecule has 0 spiro atoms. The lowest BCUT2D eigenvalue weighted by Crippen LogP contribution is -2.55. The van der Waals surface area contributed by atoms with Crippen LogP contribution in [-0.2, 0) is 9.59 Å². The molecule has 0 radical (unpaired) electrons. The summed E-state index contributed by atoms with van der Waals surface area (Å²) in [5.41, 5.74) is 1.78. The van der Waals surface area contributed by atoms with Gasteiger partial charge in [-0.15, -0.1) is 11.3 Å². The first-order chi connectivity index (χ1) is 18.0. The minimum Gasteiger partial charge on any atom is -0.343 e. The molecule has 0 unspecified atom stereocenters. The maximum Gasteiger partial charge on any atom is 0.246 e.